The van der Waals surface area contributed by atoms with E-state index >= 15 is 0 Å². The zero-order valence-corrected chi connectivity index (χ0v) is 16.5. The van der Waals surface area contributed by atoms with Gasteiger partial charge in [-0.2, -0.15) is 0 Å². The quantitative estimate of drug-likeness (QED) is 0.336. The molecule has 2 heterocycles. The van der Waals surface area contributed by atoms with Crippen LogP contribution >= 0.6 is 0 Å². The Morgan fingerprint density at radius 1 is 0.714 bits per heavy atom. The molecular formula is C20H34N2O6+2. The fraction of sp³-hybridized carbons (Fsp3) is 0.700. The van der Waals surface area contributed by atoms with E-state index in [1.807, 2.05) is 24.3 Å². The first-order valence-electron chi connectivity index (χ1n) is 10.2. The lowest BCUT2D eigenvalue weighted by Crippen LogP contribution is -3.15. The highest BCUT2D eigenvalue weighted by Crippen LogP contribution is 2.17. The number of hydrogen-bond acceptors (Lipinski definition) is 6. The largest absolute Gasteiger partial charge is 0.491 e. The Bertz CT molecular complexity index is 497. The summed E-state index contributed by atoms with van der Waals surface area (Å²) in [5.41, 5.74) is 0. The number of rotatable bonds is 10. The van der Waals surface area contributed by atoms with E-state index < -0.39 is 12.2 Å². The number of aliphatic hydroxyl groups is 2. The molecule has 1 aromatic rings. The molecule has 8 nitrogen and oxygen atoms in total. The van der Waals surface area contributed by atoms with E-state index in [4.69, 9.17) is 18.9 Å². The normalized spacial score (nSPS) is 21.2. The Kier molecular flexibility index (Phi) is 8.78. The van der Waals surface area contributed by atoms with Gasteiger partial charge >= 0.3 is 0 Å². The second-order valence-electron chi connectivity index (χ2n) is 7.53. The van der Waals surface area contributed by atoms with Gasteiger partial charge in [0.2, 0.25) is 0 Å². The third kappa shape index (κ3) is 7.54. The molecule has 2 fully saturated rings. The Labute approximate surface area is 166 Å². The summed E-state index contributed by atoms with van der Waals surface area (Å²) in [6.45, 7) is 8.64. The first kappa shape index (κ1) is 21.3. The van der Waals surface area contributed by atoms with Crippen molar-refractivity contribution in [2.45, 2.75) is 12.2 Å². The molecule has 158 valence electrons. The van der Waals surface area contributed by atoms with E-state index in [2.05, 4.69) is 0 Å². The number of morpholine rings is 2. The predicted octanol–water partition coefficient (Wildman–Crippen LogP) is -3.00. The molecule has 8 heteroatoms. The van der Waals surface area contributed by atoms with Crippen molar-refractivity contribution < 1.29 is 39.0 Å². The summed E-state index contributed by atoms with van der Waals surface area (Å²) in [4.78, 5) is 2.70. The number of benzene rings is 1. The minimum absolute atomic E-state index is 0.269. The Balaban J connectivity index is 1.32. The van der Waals surface area contributed by atoms with Gasteiger partial charge in [-0.3, -0.25) is 0 Å². The Hall–Kier alpha value is -1.42. The molecule has 0 spiro atoms. The van der Waals surface area contributed by atoms with Crippen molar-refractivity contribution >= 4 is 0 Å². The van der Waals surface area contributed by atoms with Crippen LogP contribution in [0.15, 0.2) is 24.3 Å². The van der Waals surface area contributed by atoms with Crippen LogP contribution < -0.4 is 19.3 Å². The number of ether oxygens (including phenoxy) is 4. The fourth-order valence-corrected chi connectivity index (χ4v) is 3.53. The van der Waals surface area contributed by atoms with Crippen molar-refractivity contribution in [1.29, 1.82) is 0 Å². The smallest absolute Gasteiger partial charge is 0.137 e. The third-order valence-corrected chi connectivity index (χ3v) is 5.16. The number of hydrogen-bond donors (Lipinski definition) is 4. The molecule has 2 aliphatic rings. The molecule has 2 aliphatic heterocycles. The van der Waals surface area contributed by atoms with Crippen LogP contribution in [-0.2, 0) is 9.47 Å². The van der Waals surface area contributed by atoms with Crippen molar-refractivity contribution in [3.8, 4) is 11.5 Å². The van der Waals surface area contributed by atoms with Crippen LogP contribution in [0.25, 0.3) is 0 Å². The second kappa shape index (κ2) is 11.5. The van der Waals surface area contributed by atoms with Gasteiger partial charge in [-0.1, -0.05) is 0 Å². The van der Waals surface area contributed by atoms with Crippen molar-refractivity contribution in [2.24, 2.45) is 0 Å². The molecule has 2 atom stereocenters. The van der Waals surface area contributed by atoms with E-state index in [-0.39, 0.29) is 13.2 Å². The molecule has 0 aliphatic carbocycles. The molecule has 3 rings (SSSR count). The number of aliphatic hydroxyl groups excluding tert-OH is 2. The van der Waals surface area contributed by atoms with Crippen LogP contribution in [0, 0.1) is 0 Å². The molecule has 2 saturated heterocycles. The molecule has 0 radical (unpaired) electrons. The van der Waals surface area contributed by atoms with E-state index in [0.29, 0.717) is 24.6 Å². The lowest BCUT2D eigenvalue weighted by molar-refractivity contribution is -0.911. The maximum absolute atomic E-state index is 10.1. The van der Waals surface area contributed by atoms with Crippen LogP contribution in [0.3, 0.4) is 0 Å². The van der Waals surface area contributed by atoms with Crippen molar-refractivity contribution in [3.63, 3.8) is 0 Å². The van der Waals surface area contributed by atoms with Crippen LogP contribution in [0.5, 0.6) is 11.5 Å². The molecular weight excluding hydrogens is 364 g/mol. The van der Waals surface area contributed by atoms with Crippen LogP contribution in [-0.4, -0.2) is 101 Å². The van der Waals surface area contributed by atoms with Crippen molar-refractivity contribution in [3.05, 3.63) is 24.3 Å². The minimum Gasteiger partial charge on any atom is -0.491 e. The monoisotopic (exact) mass is 398 g/mol. The zero-order chi connectivity index (χ0) is 19.6. The van der Waals surface area contributed by atoms with E-state index in [0.717, 1.165) is 52.6 Å². The van der Waals surface area contributed by atoms with Gasteiger partial charge in [-0.15, -0.1) is 0 Å². The number of nitrogens with one attached hydrogen (secondary N) is 2. The molecule has 28 heavy (non-hydrogen) atoms. The van der Waals surface area contributed by atoms with Gasteiger partial charge in [0.15, 0.2) is 0 Å². The van der Waals surface area contributed by atoms with Gasteiger partial charge in [0.1, 0.15) is 76.2 Å². The van der Waals surface area contributed by atoms with Gasteiger partial charge < -0.3 is 39.0 Å². The highest BCUT2D eigenvalue weighted by Gasteiger charge is 2.19. The summed E-state index contributed by atoms with van der Waals surface area (Å²) in [7, 11) is 0. The van der Waals surface area contributed by atoms with Gasteiger partial charge in [0.25, 0.3) is 0 Å². The van der Waals surface area contributed by atoms with Crippen molar-refractivity contribution in [2.75, 3.05) is 78.9 Å². The summed E-state index contributed by atoms with van der Waals surface area (Å²) < 4.78 is 22.0. The number of quaternary nitrogens is 2. The first-order valence-corrected chi connectivity index (χ1v) is 10.2. The van der Waals surface area contributed by atoms with Gasteiger partial charge in [-0.25, -0.2) is 0 Å². The van der Waals surface area contributed by atoms with Crippen LogP contribution in [0.4, 0.5) is 0 Å². The SMILES string of the molecule is O[C@H](COc1ccc(OC[C@@H](O)C[NH+]2CCOCC2)cc1)C[NH+]1CCOCC1. The maximum Gasteiger partial charge on any atom is 0.137 e. The summed E-state index contributed by atoms with van der Waals surface area (Å²) in [6, 6.07) is 7.29. The van der Waals surface area contributed by atoms with Crippen LogP contribution in [0.1, 0.15) is 0 Å². The standard InChI is InChI=1S/C20H32N2O6/c23-17(13-21-5-9-25-10-6-21)15-27-19-1-2-20(4-3-19)28-16-18(24)14-22-7-11-26-12-8-22/h1-4,17-18,23-24H,5-16H2/p+2/t17-,18-/m0/s1. The maximum atomic E-state index is 10.1. The summed E-state index contributed by atoms with van der Waals surface area (Å²) in [5, 5.41) is 20.3. The third-order valence-electron chi connectivity index (χ3n) is 5.16. The summed E-state index contributed by atoms with van der Waals surface area (Å²) in [6.07, 6.45) is -0.997. The minimum atomic E-state index is -0.498. The van der Waals surface area contributed by atoms with Gasteiger partial charge in [-0.05, 0) is 24.3 Å². The second-order valence-corrected chi connectivity index (χ2v) is 7.53. The zero-order valence-electron chi connectivity index (χ0n) is 16.5. The molecule has 0 amide bonds. The van der Waals surface area contributed by atoms with Gasteiger partial charge in [0, 0.05) is 0 Å². The highest BCUT2D eigenvalue weighted by molar-refractivity contribution is 5.31. The van der Waals surface area contributed by atoms with Crippen molar-refractivity contribution in [1.82, 2.24) is 0 Å². The van der Waals surface area contributed by atoms with E-state index in [9.17, 15) is 10.2 Å². The molecule has 0 aromatic heterocycles. The summed E-state index contributed by atoms with van der Waals surface area (Å²) in [5.74, 6) is 1.39. The van der Waals surface area contributed by atoms with E-state index in [1.54, 1.807) is 0 Å². The lowest BCUT2D eigenvalue weighted by Gasteiger charge is -2.26. The first-order chi connectivity index (χ1) is 13.7. The van der Waals surface area contributed by atoms with Gasteiger partial charge in [0.05, 0.1) is 26.4 Å². The molecule has 0 saturated carbocycles. The fourth-order valence-electron chi connectivity index (χ4n) is 3.53. The van der Waals surface area contributed by atoms with E-state index in [1.165, 1.54) is 9.80 Å². The molecule has 0 unspecified atom stereocenters. The Morgan fingerprint density at radius 2 is 1.07 bits per heavy atom. The highest BCUT2D eigenvalue weighted by atomic mass is 16.5. The molecule has 4 N–H and O–H groups in total. The molecule has 1 aromatic carbocycles. The molecule has 0 bridgehead atoms. The topological polar surface area (TPSA) is 86.3 Å². The summed E-state index contributed by atoms with van der Waals surface area (Å²) >= 11 is 0. The predicted molar refractivity (Wildman–Crippen MR) is 102 cm³/mol. The van der Waals surface area contributed by atoms with Crippen LogP contribution in [0.2, 0.25) is 0 Å². The lowest BCUT2D eigenvalue weighted by atomic mass is 10.3. The Morgan fingerprint density at radius 3 is 1.43 bits per heavy atom. The average molecular weight is 399 g/mol. The average Bonchev–Trinajstić information content (AvgIpc) is 2.73.